The molecular weight excluding hydrogens is 266 g/mol. The lowest BCUT2D eigenvalue weighted by Gasteiger charge is -2.15. The van der Waals surface area contributed by atoms with Crippen molar-refractivity contribution in [2.75, 3.05) is 5.32 Å². The van der Waals surface area contributed by atoms with Gasteiger partial charge in [0.2, 0.25) is 0 Å². The molecule has 0 aliphatic rings. The van der Waals surface area contributed by atoms with E-state index in [1.807, 2.05) is 6.92 Å². The molecule has 104 valence electrons. The van der Waals surface area contributed by atoms with Gasteiger partial charge in [0.15, 0.2) is 11.6 Å². The van der Waals surface area contributed by atoms with Crippen LogP contribution in [-0.4, -0.2) is 4.92 Å². The third-order valence-corrected chi connectivity index (χ3v) is 2.91. The minimum atomic E-state index is -0.925. The molecular formula is C14H12F2N2O2. The summed E-state index contributed by atoms with van der Waals surface area (Å²) in [5.74, 6) is -1.83. The topological polar surface area (TPSA) is 55.2 Å². The maximum absolute atomic E-state index is 13.1. The minimum Gasteiger partial charge on any atom is -0.378 e. The number of nitrogens with zero attached hydrogens (tertiary/aromatic N) is 1. The average molecular weight is 278 g/mol. The molecule has 0 fully saturated rings. The second-order valence-corrected chi connectivity index (χ2v) is 4.34. The van der Waals surface area contributed by atoms with Gasteiger partial charge in [-0.3, -0.25) is 10.1 Å². The first kappa shape index (κ1) is 13.9. The van der Waals surface area contributed by atoms with Gasteiger partial charge in [0, 0.05) is 29.9 Å². The quantitative estimate of drug-likeness (QED) is 0.678. The zero-order valence-electron chi connectivity index (χ0n) is 10.6. The molecule has 0 saturated heterocycles. The second-order valence-electron chi connectivity index (χ2n) is 4.34. The maximum atomic E-state index is 13.1. The Balaban J connectivity index is 2.12. The highest BCUT2D eigenvalue weighted by molar-refractivity contribution is 5.46. The summed E-state index contributed by atoms with van der Waals surface area (Å²) in [6, 6.07) is 9.39. The first-order chi connectivity index (χ1) is 9.47. The lowest BCUT2D eigenvalue weighted by molar-refractivity contribution is -0.384. The van der Waals surface area contributed by atoms with E-state index in [0.29, 0.717) is 5.69 Å². The first-order valence-electron chi connectivity index (χ1n) is 5.93. The van der Waals surface area contributed by atoms with Crippen molar-refractivity contribution in [3.8, 4) is 0 Å². The van der Waals surface area contributed by atoms with Crippen molar-refractivity contribution in [2.45, 2.75) is 13.0 Å². The number of hydrogen-bond acceptors (Lipinski definition) is 3. The normalized spacial score (nSPS) is 11.9. The van der Waals surface area contributed by atoms with E-state index in [-0.39, 0.29) is 11.7 Å². The summed E-state index contributed by atoms with van der Waals surface area (Å²) in [6.07, 6.45) is 0. The fraction of sp³-hybridized carbons (Fsp3) is 0.143. The van der Waals surface area contributed by atoms with Crippen LogP contribution in [0.4, 0.5) is 20.2 Å². The summed E-state index contributed by atoms with van der Waals surface area (Å²) >= 11 is 0. The van der Waals surface area contributed by atoms with Crippen molar-refractivity contribution in [3.05, 3.63) is 69.8 Å². The van der Waals surface area contributed by atoms with Crippen LogP contribution in [0.1, 0.15) is 18.5 Å². The van der Waals surface area contributed by atoms with Gasteiger partial charge in [0.25, 0.3) is 5.69 Å². The van der Waals surface area contributed by atoms with Gasteiger partial charge >= 0.3 is 0 Å². The van der Waals surface area contributed by atoms with Crippen LogP contribution in [0.15, 0.2) is 42.5 Å². The minimum absolute atomic E-state index is 0.00813. The van der Waals surface area contributed by atoms with Crippen LogP contribution in [0.2, 0.25) is 0 Å². The zero-order valence-corrected chi connectivity index (χ0v) is 10.6. The fourth-order valence-corrected chi connectivity index (χ4v) is 1.80. The van der Waals surface area contributed by atoms with E-state index in [2.05, 4.69) is 5.32 Å². The molecule has 0 aromatic heterocycles. The predicted molar refractivity (Wildman–Crippen MR) is 71.5 cm³/mol. The van der Waals surface area contributed by atoms with Crippen molar-refractivity contribution in [2.24, 2.45) is 0 Å². The Morgan fingerprint density at radius 3 is 2.30 bits per heavy atom. The van der Waals surface area contributed by atoms with Gasteiger partial charge in [-0.2, -0.15) is 0 Å². The molecule has 0 aliphatic carbocycles. The van der Waals surface area contributed by atoms with E-state index >= 15 is 0 Å². The van der Waals surface area contributed by atoms with Gasteiger partial charge in [-0.15, -0.1) is 0 Å². The molecule has 0 heterocycles. The molecule has 1 atom stereocenters. The van der Waals surface area contributed by atoms with Crippen LogP contribution in [0.3, 0.4) is 0 Å². The van der Waals surface area contributed by atoms with Crippen molar-refractivity contribution in [3.63, 3.8) is 0 Å². The molecule has 4 nitrogen and oxygen atoms in total. The number of rotatable bonds is 4. The highest BCUT2D eigenvalue weighted by atomic mass is 19.2. The molecule has 0 bridgehead atoms. The van der Waals surface area contributed by atoms with Gasteiger partial charge < -0.3 is 5.32 Å². The first-order valence-corrected chi connectivity index (χ1v) is 5.93. The summed E-state index contributed by atoms with van der Waals surface area (Å²) < 4.78 is 25.9. The Labute approximate surface area is 114 Å². The number of halogens is 2. The van der Waals surface area contributed by atoms with Crippen molar-refractivity contribution < 1.29 is 13.7 Å². The lowest BCUT2D eigenvalue weighted by atomic mass is 10.1. The van der Waals surface area contributed by atoms with Gasteiger partial charge in [0.05, 0.1) is 4.92 Å². The molecule has 1 unspecified atom stereocenters. The van der Waals surface area contributed by atoms with E-state index in [9.17, 15) is 18.9 Å². The Morgan fingerprint density at radius 1 is 1.10 bits per heavy atom. The summed E-state index contributed by atoms with van der Waals surface area (Å²) in [5.41, 5.74) is 1.25. The third kappa shape index (κ3) is 3.09. The lowest BCUT2D eigenvalue weighted by Crippen LogP contribution is -2.07. The number of benzene rings is 2. The second kappa shape index (κ2) is 5.64. The monoisotopic (exact) mass is 278 g/mol. The summed E-state index contributed by atoms with van der Waals surface area (Å²) in [6.45, 7) is 1.82. The molecule has 0 spiro atoms. The Morgan fingerprint density at radius 2 is 1.75 bits per heavy atom. The SMILES string of the molecule is CC(Nc1ccc(F)c(F)c1)c1ccc([N+](=O)[O-])cc1. The number of nitro groups is 1. The highest BCUT2D eigenvalue weighted by Gasteiger charge is 2.10. The molecule has 6 heteroatoms. The Bertz CT molecular complexity index is 630. The van der Waals surface area contributed by atoms with Crippen molar-refractivity contribution in [1.82, 2.24) is 0 Å². The van der Waals surface area contributed by atoms with E-state index in [4.69, 9.17) is 0 Å². The standard InChI is InChI=1S/C14H12F2N2O2/c1-9(10-2-5-12(6-3-10)18(19)20)17-11-4-7-13(15)14(16)8-11/h2-9,17H,1H3. The van der Waals surface area contributed by atoms with Crippen LogP contribution < -0.4 is 5.32 Å². The van der Waals surface area contributed by atoms with Crippen LogP contribution in [0.5, 0.6) is 0 Å². The zero-order chi connectivity index (χ0) is 14.7. The number of anilines is 1. The van der Waals surface area contributed by atoms with Gasteiger partial charge in [0.1, 0.15) is 0 Å². The van der Waals surface area contributed by atoms with Gasteiger partial charge in [-0.25, -0.2) is 8.78 Å². The van der Waals surface area contributed by atoms with Crippen molar-refractivity contribution >= 4 is 11.4 Å². The molecule has 0 aliphatic heterocycles. The third-order valence-electron chi connectivity index (χ3n) is 2.91. The number of nitro benzene ring substituents is 1. The smallest absolute Gasteiger partial charge is 0.269 e. The van der Waals surface area contributed by atoms with E-state index < -0.39 is 16.6 Å². The highest BCUT2D eigenvalue weighted by Crippen LogP contribution is 2.22. The van der Waals surface area contributed by atoms with Crippen LogP contribution in [-0.2, 0) is 0 Å². The molecule has 2 aromatic carbocycles. The van der Waals surface area contributed by atoms with E-state index in [1.165, 1.54) is 18.2 Å². The fourth-order valence-electron chi connectivity index (χ4n) is 1.80. The molecule has 2 rings (SSSR count). The van der Waals surface area contributed by atoms with Crippen LogP contribution in [0.25, 0.3) is 0 Å². The number of hydrogen-bond donors (Lipinski definition) is 1. The van der Waals surface area contributed by atoms with Crippen LogP contribution >= 0.6 is 0 Å². The Kier molecular flexibility index (Phi) is 3.93. The van der Waals surface area contributed by atoms with Crippen LogP contribution in [0, 0.1) is 21.7 Å². The molecule has 20 heavy (non-hydrogen) atoms. The summed E-state index contributed by atoms with van der Waals surface area (Å²) in [7, 11) is 0. The predicted octanol–water partition coefficient (Wildman–Crippen LogP) is 4.05. The molecule has 0 radical (unpaired) electrons. The maximum Gasteiger partial charge on any atom is 0.269 e. The molecule has 0 amide bonds. The molecule has 2 aromatic rings. The Hall–Kier alpha value is -2.50. The molecule has 1 N–H and O–H groups in total. The number of non-ortho nitro benzene ring substituents is 1. The van der Waals surface area contributed by atoms with Gasteiger partial charge in [-0.1, -0.05) is 12.1 Å². The largest absolute Gasteiger partial charge is 0.378 e. The van der Waals surface area contributed by atoms with E-state index in [1.54, 1.807) is 12.1 Å². The molecule has 0 saturated carbocycles. The van der Waals surface area contributed by atoms with E-state index in [0.717, 1.165) is 17.7 Å². The average Bonchev–Trinajstić information content (AvgIpc) is 2.43. The van der Waals surface area contributed by atoms with Crippen molar-refractivity contribution in [1.29, 1.82) is 0 Å². The van der Waals surface area contributed by atoms with Gasteiger partial charge in [-0.05, 0) is 24.6 Å². The number of nitrogens with one attached hydrogen (secondary N) is 1. The summed E-state index contributed by atoms with van der Waals surface area (Å²) in [5, 5.41) is 13.6. The summed E-state index contributed by atoms with van der Waals surface area (Å²) in [4.78, 5) is 10.1.